The first-order valence-corrected chi connectivity index (χ1v) is 5.98. The second-order valence-electron chi connectivity index (χ2n) is 4.40. The van der Waals surface area contributed by atoms with Crippen LogP contribution < -0.4 is 5.32 Å². The molecule has 1 unspecified atom stereocenters. The summed E-state index contributed by atoms with van der Waals surface area (Å²) < 4.78 is 0. The van der Waals surface area contributed by atoms with E-state index in [1.165, 1.54) is 18.4 Å². The number of piperidine rings is 1. The average Bonchev–Trinajstić information content (AvgIpc) is 2.94. The highest BCUT2D eigenvalue weighted by molar-refractivity contribution is 5.55. The number of nitrogens with one attached hydrogen (secondary N) is 2. The predicted octanol–water partition coefficient (Wildman–Crippen LogP) is 1.33. The summed E-state index contributed by atoms with van der Waals surface area (Å²) in [5.74, 6) is 1.27. The highest BCUT2D eigenvalue weighted by Crippen LogP contribution is 2.26. The standard InChI is InChI=1S/C12H15N5/c1-3-9(11-5-2-6-13-8-11)7-10(4-1)12-14-16-17-15-12/h1,3-4,7,11,13H,2,5-6,8H2,(H,14,15,16,17). The van der Waals surface area contributed by atoms with Crippen molar-refractivity contribution in [3.05, 3.63) is 29.8 Å². The van der Waals surface area contributed by atoms with Gasteiger partial charge in [0.1, 0.15) is 0 Å². The normalized spacial score (nSPS) is 20.4. The summed E-state index contributed by atoms with van der Waals surface area (Å²) in [5.41, 5.74) is 2.39. The maximum atomic E-state index is 4.01. The van der Waals surface area contributed by atoms with Crippen molar-refractivity contribution in [1.29, 1.82) is 0 Å². The van der Waals surface area contributed by atoms with Crippen LogP contribution in [0.1, 0.15) is 24.3 Å². The van der Waals surface area contributed by atoms with Crippen molar-refractivity contribution in [3.63, 3.8) is 0 Å². The first-order valence-electron chi connectivity index (χ1n) is 5.98. The van der Waals surface area contributed by atoms with E-state index < -0.39 is 0 Å². The molecular weight excluding hydrogens is 214 g/mol. The van der Waals surface area contributed by atoms with E-state index in [9.17, 15) is 0 Å². The minimum Gasteiger partial charge on any atom is -0.316 e. The van der Waals surface area contributed by atoms with E-state index in [1.807, 2.05) is 6.07 Å². The Morgan fingerprint density at radius 1 is 1.29 bits per heavy atom. The van der Waals surface area contributed by atoms with E-state index in [1.54, 1.807) is 0 Å². The van der Waals surface area contributed by atoms with Crippen LogP contribution in [0.15, 0.2) is 24.3 Å². The van der Waals surface area contributed by atoms with Crippen LogP contribution in [0.4, 0.5) is 0 Å². The third-order valence-electron chi connectivity index (χ3n) is 3.26. The van der Waals surface area contributed by atoms with E-state index in [2.05, 4.69) is 44.1 Å². The maximum absolute atomic E-state index is 4.01. The Labute approximate surface area is 99.6 Å². The fourth-order valence-electron chi connectivity index (χ4n) is 2.35. The van der Waals surface area contributed by atoms with Gasteiger partial charge >= 0.3 is 0 Å². The molecular formula is C12H15N5. The summed E-state index contributed by atoms with van der Waals surface area (Å²) in [5, 5.41) is 17.5. The minimum absolute atomic E-state index is 0.607. The summed E-state index contributed by atoms with van der Waals surface area (Å²) >= 11 is 0. The van der Waals surface area contributed by atoms with Crippen LogP contribution in [0.2, 0.25) is 0 Å². The Bertz CT molecular complexity index is 473. The molecule has 1 aliphatic rings. The Hall–Kier alpha value is -1.75. The van der Waals surface area contributed by atoms with Gasteiger partial charge in [-0.15, -0.1) is 10.2 Å². The number of nitrogens with zero attached hydrogens (tertiary/aromatic N) is 3. The van der Waals surface area contributed by atoms with Gasteiger partial charge in [-0.25, -0.2) is 0 Å². The van der Waals surface area contributed by atoms with Gasteiger partial charge in [0.2, 0.25) is 5.82 Å². The largest absolute Gasteiger partial charge is 0.316 e. The molecule has 0 amide bonds. The molecule has 0 radical (unpaired) electrons. The number of aromatic amines is 1. The predicted molar refractivity (Wildman–Crippen MR) is 64.5 cm³/mol. The van der Waals surface area contributed by atoms with E-state index in [-0.39, 0.29) is 0 Å². The molecule has 3 rings (SSSR count). The van der Waals surface area contributed by atoms with E-state index in [0.29, 0.717) is 11.7 Å². The number of aromatic nitrogens is 4. The number of tetrazole rings is 1. The van der Waals surface area contributed by atoms with Gasteiger partial charge in [-0.05, 0) is 42.1 Å². The molecule has 0 saturated carbocycles. The van der Waals surface area contributed by atoms with E-state index in [0.717, 1.165) is 18.7 Å². The first-order chi connectivity index (χ1) is 8.43. The van der Waals surface area contributed by atoms with Crippen molar-refractivity contribution in [2.45, 2.75) is 18.8 Å². The van der Waals surface area contributed by atoms with Gasteiger partial charge in [-0.2, -0.15) is 5.21 Å². The zero-order chi connectivity index (χ0) is 11.5. The molecule has 88 valence electrons. The summed E-state index contributed by atoms with van der Waals surface area (Å²) in [6, 6.07) is 8.43. The monoisotopic (exact) mass is 229 g/mol. The smallest absolute Gasteiger partial charge is 0.204 e. The van der Waals surface area contributed by atoms with Crippen molar-refractivity contribution >= 4 is 0 Å². The van der Waals surface area contributed by atoms with Crippen LogP contribution in [0.25, 0.3) is 11.4 Å². The number of benzene rings is 1. The van der Waals surface area contributed by atoms with Crippen LogP contribution in [-0.2, 0) is 0 Å². The molecule has 0 aliphatic carbocycles. The van der Waals surface area contributed by atoms with Crippen molar-refractivity contribution in [1.82, 2.24) is 25.9 Å². The van der Waals surface area contributed by atoms with Crippen LogP contribution in [-0.4, -0.2) is 33.7 Å². The number of H-pyrrole nitrogens is 1. The maximum Gasteiger partial charge on any atom is 0.204 e. The summed E-state index contributed by atoms with van der Waals surface area (Å²) in [6.45, 7) is 2.21. The molecule has 5 heteroatoms. The molecule has 1 fully saturated rings. The molecule has 1 saturated heterocycles. The Morgan fingerprint density at radius 2 is 2.29 bits per heavy atom. The lowest BCUT2D eigenvalue weighted by Gasteiger charge is -2.23. The molecule has 1 aliphatic heterocycles. The fraction of sp³-hybridized carbons (Fsp3) is 0.417. The van der Waals surface area contributed by atoms with Crippen LogP contribution >= 0.6 is 0 Å². The van der Waals surface area contributed by atoms with Crippen LogP contribution in [0.3, 0.4) is 0 Å². The molecule has 0 bridgehead atoms. The average molecular weight is 229 g/mol. The third kappa shape index (κ3) is 2.19. The van der Waals surface area contributed by atoms with Crippen LogP contribution in [0.5, 0.6) is 0 Å². The number of hydrogen-bond donors (Lipinski definition) is 2. The molecule has 1 atom stereocenters. The SMILES string of the molecule is c1cc(-c2nn[nH]n2)cc(C2CCCNC2)c1. The highest BCUT2D eigenvalue weighted by atomic mass is 15.5. The van der Waals surface area contributed by atoms with Crippen molar-refractivity contribution in [2.24, 2.45) is 0 Å². The summed E-state index contributed by atoms with van der Waals surface area (Å²) in [7, 11) is 0. The first kappa shape index (κ1) is 10.4. The van der Waals surface area contributed by atoms with Crippen molar-refractivity contribution < 1.29 is 0 Å². The zero-order valence-corrected chi connectivity index (χ0v) is 9.56. The Morgan fingerprint density at radius 3 is 3.06 bits per heavy atom. The molecule has 17 heavy (non-hydrogen) atoms. The second-order valence-corrected chi connectivity index (χ2v) is 4.40. The second kappa shape index (κ2) is 4.63. The van der Waals surface area contributed by atoms with Gasteiger partial charge in [-0.1, -0.05) is 18.2 Å². The summed E-state index contributed by atoms with van der Waals surface area (Å²) in [4.78, 5) is 0. The fourth-order valence-corrected chi connectivity index (χ4v) is 2.35. The van der Waals surface area contributed by atoms with Gasteiger partial charge in [0.25, 0.3) is 0 Å². The van der Waals surface area contributed by atoms with Crippen molar-refractivity contribution in [3.8, 4) is 11.4 Å². The van der Waals surface area contributed by atoms with Crippen LogP contribution in [0, 0.1) is 0 Å². The van der Waals surface area contributed by atoms with Crippen molar-refractivity contribution in [2.75, 3.05) is 13.1 Å². The molecule has 2 aromatic rings. The molecule has 5 nitrogen and oxygen atoms in total. The molecule has 2 heterocycles. The molecule has 2 N–H and O–H groups in total. The van der Waals surface area contributed by atoms with Gasteiger partial charge in [0.15, 0.2) is 0 Å². The van der Waals surface area contributed by atoms with E-state index >= 15 is 0 Å². The van der Waals surface area contributed by atoms with Gasteiger partial charge in [0, 0.05) is 12.1 Å². The Balaban J connectivity index is 1.88. The lowest BCUT2D eigenvalue weighted by molar-refractivity contribution is 0.462. The Kier molecular flexibility index (Phi) is 2.83. The van der Waals surface area contributed by atoms with Gasteiger partial charge in [-0.3, -0.25) is 0 Å². The number of rotatable bonds is 2. The zero-order valence-electron chi connectivity index (χ0n) is 9.56. The van der Waals surface area contributed by atoms with Gasteiger partial charge in [0.05, 0.1) is 0 Å². The lowest BCUT2D eigenvalue weighted by atomic mass is 9.91. The highest BCUT2D eigenvalue weighted by Gasteiger charge is 2.15. The van der Waals surface area contributed by atoms with E-state index in [4.69, 9.17) is 0 Å². The number of hydrogen-bond acceptors (Lipinski definition) is 4. The molecule has 1 aromatic carbocycles. The summed E-state index contributed by atoms with van der Waals surface area (Å²) in [6.07, 6.45) is 2.50. The third-order valence-corrected chi connectivity index (χ3v) is 3.26. The quantitative estimate of drug-likeness (QED) is 0.815. The molecule has 1 aromatic heterocycles. The lowest BCUT2D eigenvalue weighted by Crippen LogP contribution is -2.28. The topological polar surface area (TPSA) is 66.5 Å². The van der Waals surface area contributed by atoms with Gasteiger partial charge < -0.3 is 5.32 Å². The minimum atomic E-state index is 0.607. The molecule has 0 spiro atoms.